The molecule has 0 saturated carbocycles. The van der Waals surface area contributed by atoms with Crippen molar-refractivity contribution in [2.24, 2.45) is 0 Å². The van der Waals surface area contributed by atoms with Gasteiger partial charge in [-0.15, -0.1) is 0 Å². The molecule has 5 nitrogen and oxygen atoms in total. The van der Waals surface area contributed by atoms with Gasteiger partial charge in [-0.3, -0.25) is 4.79 Å². The quantitative estimate of drug-likeness (QED) is 0.618. The number of carbonyl (C=O) groups is 2. The van der Waals surface area contributed by atoms with Crippen LogP contribution in [0.4, 0.5) is 18.9 Å². The molecule has 0 radical (unpaired) electrons. The maximum absolute atomic E-state index is 12.0. The SMILES string of the molecule is COC(=O)COc1ccc(N(C)C(=O)/C=C/C(F)(F)F)cc1. The molecule has 0 aliphatic carbocycles. The lowest BCUT2D eigenvalue weighted by Crippen LogP contribution is -2.24. The van der Waals surface area contributed by atoms with Gasteiger partial charge in [-0.25, -0.2) is 4.79 Å². The van der Waals surface area contributed by atoms with E-state index in [2.05, 4.69) is 4.74 Å². The average Bonchev–Trinajstić information content (AvgIpc) is 2.49. The Morgan fingerprint density at radius 2 is 1.82 bits per heavy atom. The average molecular weight is 317 g/mol. The molecule has 8 heteroatoms. The summed E-state index contributed by atoms with van der Waals surface area (Å²) in [6.45, 7) is -0.265. The van der Waals surface area contributed by atoms with Crippen molar-refractivity contribution in [2.45, 2.75) is 6.18 Å². The summed E-state index contributed by atoms with van der Waals surface area (Å²) in [6.07, 6.45) is -4.22. The zero-order valence-electron chi connectivity index (χ0n) is 11.9. The highest BCUT2D eigenvalue weighted by molar-refractivity contribution is 6.01. The molecule has 1 rings (SSSR count). The number of hydrogen-bond donors (Lipinski definition) is 0. The number of methoxy groups -OCH3 is 1. The Labute approximate surface area is 124 Å². The number of amides is 1. The second-order valence-electron chi connectivity index (χ2n) is 4.13. The Hall–Kier alpha value is -2.51. The van der Waals surface area contributed by atoms with Crippen LogP contribution in [0.15, 0.2) is 36.4 Å². The lowest BCUT2D eigenvalue weighted by Gasteiger charge is -2.16. The number of likely N-dealkylation sites (N-methyl/N-ethyl adjacent to an activating group) is 1. The summed E-state index contributed by atoms with van der Waals surface area (Å²) in [5.41, 5.74) is 0.377. The molecule has 0 N–H and O–H groups in total. The molecule has 1 aromatic rings. The van der Waals surface area contributed by atoms with Gasteiger partial charge in [-0.2, -0.15) is 13.2 Å². The fraction of sp³-hybridized carbons (Fsp3) is 0.286. The molecule has 0 heterocycles. The Morgan fingerprint density at radius 3 is 2.32 bits per heavy atom. The van der Waals surface area contributed by atoms with Crippen LogP contribution in [-0.4, -0.2) is 38.8 Å². The lowest BCUT2D eigenvalue weighted by molar-refractivity contribution is -0.142. The van der Waals surface area contributed by atoms with Crippen molar-refractivity contribution >= 4 is 17.6 Å². The monoisotopic (exact) mass is 317 g/mol. The van der Waals surface area contributed by atoms with Gasteiger partial charge in [-0.05, 0) is 24.3 Å². The van der Waals surface area contributed by atoms with Crippen LogP contribution in [0, 0.1) is 0 Å². The molecule has 0 unspecified atom stereocenters. The number of allylic oxidation sites excluding steroid dienone is 1. The summed E-state index contributed by atoms with van der Waals surface area (Å²) in [5, 5.41) is 0. The van der Waals surface area contributed by atoms with E-state index < -0.39 is 18.1 Å². The minimum Gasteiger partial charge on any atom is -0.482 e. The molecule has 1 amide bonds. The first kappa shape index (κ1) is 17.5. The summed E-state index contributed by atoms with van der Waals surface area (Å²) in [6, 6.07) is 5.92. The minimum atomic E-state index is -4.54. The topological polar surface area (TPSA) is 55.8 Å². The highest BCUT2D eigenvalue weighted by Gasteiger charge is 2.23. The van der Waals surface area contributed by atoms with E-state index in [9.17, 15) is 22.8 Å². The van der Waals surface area contributed by atoms with Gasteiger partial charge in [0, 0.05) is 24.9 Å². The second kappa shape index (κ2) is 7.48. The van der Waals surface area contributed by atoms with Gasteiger partial charge in [0.15, 0.2) is 6.61 Å². The normalized spacial score (nSPS) is 11.3. The minimum absolute atomic E-state index is 0.125. The molecule has 0 atom stereocenters. The Bertz CT molecular complexity index is 552. The summed E-state index contributed by atoms with van der Waals surface area (Å²) in [5.74, 6) is -1.00. The molecular formula is C14H14F3NO4. The van der Waals surface area contributed by atoms with Gasteiger partial charge in [0.2, 0.25) is 0 Å². The van der Waals surface area contributed by atoms with E-state index in [4.69, 9.17) is 4.74 Å². The van der Waals surface area contributed by atoms with Crippen LogP contribution >= 0.6 is 0 Å². The molecule has 1 aromatic carbocycles. The number of alkyl halides is 3. The largest absolute Gasteiger partial charge is 0.482 e. The van der Waals surface area contributed by atoms with E-state index in [1.165, 1.54) is 38.4 Å². The first-order valence-electron chi connectivity index (χ1n) is 6.06. The van der Waals surface area contributed by atoms with Crippen LogP contribution < -0.4 is 9.64 Å². The zero-order chi connectivity index (χ0) is 16.8. The summed E-state index contributed by atoms with van der Waals surface area (Å²) in [7, 11) is 2.57. The second-order valence-corrected chi connectivity index (χ2v) is 4.13. The fourth-order valence-corrected chi connectivity index (χ4v) is 1.37. The van der Waals surface area contributed by atoms with Gasteiger partial charge in [-0.1, -0.05) is 0 Å². The van der Waals surface area contributed by atoms with Crippen molar-refractivity contribution in [1.29, 1.82) is 0 Å². The Kier molecular flexibility index (Phi) is 5.97. The number of carbonyl (C=O) groups excluding carboxylic acids is 2. The molecule has 0 aromatic heterocycles. The predicted molar refractivity (Wildman–Crippen MR) is 72.6 cm³/mol. The van der Waals surface area contributed by atoms with Crippen molar-refractivity contribution in [3.8, 4) is 5.75 Å². The van der Waals surface area contributed by atoms with Crippen molar-refractivity contribution in [3.63, 3.8) is 0 Å². The maximum atomic E-state index is 12.0. The van der Waals surface area contributed by atoms with Crippen LogP contribution in [0.5, 0.6) is 5.75 Å². The zero-order valence-corrected chi connectivity index (χ0v) is 11.9. The number of nitrogens with zero attached hydrogens (tertiary/aromatic N) is 1. The molecule has 22 heavy (non-hydrogen) atoms. The molecular weight excluding hydrogens is 303 g/mol. The summed E-state index contributed by atoms with van der Waals surface area (Å²) < 4.78 is 45.5. The van der Waals surface area contributed by atoms with Crippen molar-refractivity contribution in [1.82, 2.24) is 0 Å². The van der Waals surface area contributed by atoms with Gasteiger partial charge in [0.05, 0.1) is 7.11 Å². The highest BCUT2D eigenvalue weighted by Crippen LogP contribution is 2.20. The van der Waals surface area contributed by atoms with Crippen molar-refractivity contribution in [2.75, 3.05) is 25.7 Å². The van der Waals surface area contributed by atoms with Crippen LogP contribution in [0.2, 0.25) is 0 Å². The molecule has 0 saturated heterocycles. The lowest BCUT2D eigenvalue weighted by atomic mass is 10.2. The van der Waals surface area contributed by atoms with Crippen LogP contribution in [-0.2, 0) is 14.3 Å². The Balaban J connectivity index is 2.67. The van der Waals surface area contributed by atoms with Gasteiger partial charge >= 0.3 is 12.1 Å². The fourth-order valence-electron chi connectivity index (χ4n) is 1.37. The van der Waals surface area contributed by atoms with Crippen molar-refractivity contribution < 1.29 is 32.2 Å². The van der Waals surface area contributed by atoms with Gasteiger partial charge < -0.3 is 14.4 Å². The van der Waals surface area contributed by atoms with Crippen LogP contribution in [0.1, 0.15) is 0 Å². The summed E-state index contributed by atoms with van der Waals surface area (Å²) in [4.78, 5) is 23.5. The predicted octanol–water partition coefficient (Wildman–Crippen LogP) is 2.32. The third kappa shape index (κ3) is 5.86. The first-order valence-corrected chi connectivity index (χ1v) is 6.06. The van der Waals surface area contributed by atoms with E-state index in [1.54, 1.807) is 0 Å². The van der Waals surface area contributed by atoms with Crippen LogP contribution in [0.25, 0.3) is 0 Å². The molecule has 0 aliphatic rings. The number of ether oxygens (including phenoxy) is 2. The van der Waals surface area contributed by atoms with E-state index >= 15 is 0 Å². The molecule has 0 fully saturated rings. The Morgan fingerprint density at radius 1 is 1.23 bits per heavy atom. The van der Waals surface area contributed by atoms with Crippen LogP contribution in [0.3, 0.4) is 0 Å². The first-order chi connectivity index (χ1) is 10.2. The standard InChI is InChI=1S/C14H14F3NO4/c1-18(12(19)7-8-14(15,16)17)10-3-5-11(6-4-10)22-9-13(20)21-2/h3-8H,9H2,1-2H3/b8-7+. The third-order valence-electron chi connectivity index (χ3n) is 2.55. The number of rotatable bonds is 5. The number of esters is 1. The number of halogens is 3. The van der Waals surface area contributed by atoms with E-state index in [0.717, 1.165) is 4.90 Å². The number of hydrogen-bond acceptors (Lipinski definition) is 4. The molecule has 0 spiro atoms. The van der Waals surface area contributed by atoms with Gasteiger partial charge in [0.25, 0.3) is 5.91 Å². The van der Waals surface area contributed by atoms with E-state index in [1.807, 2.05) is 0 Å². The molecule has 0 bridgehead atoms. The molecule has 120 valence electrons. The summed E-state index contributed by atoms with van der Waals surface area (Å²) >= 11 is 0. The third-order valence-corrected chi connectivity index (χ3v) is 2.55. The smallest absolute Gasteiger partial charge is 0.409 e. The highest BCUT2D eigenvalue weighted by atomic mass is 19.4. The number of anilines is 1. The van der Waals surface area contributed by atoms with Crippen molar-refractivity contribution in [3.05, 3.63) is 36.4 Å². The van der Waals surface area contributed by atoms with Gasteiger partial charge in [0.1, 0.15) is 5.75 Å². The maximum Gasteiger partial charge on any atom is 0.409 e. The van der Waals surface area contributed by atoms with E-state index in [0.29, 0.717) is 17.5 Å². The molecule has 0 aliphatic heterocycles. The number of benzene rings is 1. The van der Waals surface area contributed by atoms with E-state index in [-0.39, 0.29) is 12.7 Å².